The fourth-order valence-electron chi connectivity index (χ4n) is 0.898. The van der Waals surface area contributed by atoms with Crippen molar-refractivity contribution in [3.8, 4) is 0 Å². The average molecular weight is 170 g/mol. The molecule has 0 spiro atoms. The molecule has 1 aliphatic heterocycles. The summed E-state index contributed by atoms with van der Waals surface area (Å²) in [5, 5.41) is 3.52. The maximum Gasteiger partial charge on any atom is 0.318 e. The van der Waals surface area contributed by atoms with Crippen molar-refractivity contribution in [1.29, 1.82) is 0 Å². The van der Waals surface area contributed by atoms with Crippen molar-refractivity contribution in [1.82, 2.24) is 5.43 Å². The molecule has 0 radical (unpaired) electrons. The van der Waals surface area contributed by atoms with Crippen molar-refractivity contribution in [2.75, 3.05) is 6.61 Å². The van der Waals surface area contributed by atoms with Crippen molar-refractivity contribution in [2.45, 2.75) is 13.3 Å². The van der Waals surface area contributed by atoms with Crippen LogP contribution >= 0.6 is 0 Å². The SMILES string of the molecule is CCOC(=O)C1CC=NNC1=O. The van der Waals surface area contributed by atoms with Crippen LogP contribution in [0.25, 0.3) is 0 Å². The molecule has 1 unspecified atom stereocenters. The zero-order valence-corrected chi connectivity index (χ0v) is 6.74. The molecule has 0 aromatic rings. The summed E-state index contributed by atoms with van der Waals surface area (Å²) in [6.45, 7) is 1.99. The summed E-state index contributed by atoms with van der Waals surface area (Å²) in [5.41, 5.74) is 2.20. The molecular formula is C7H10N2O3. The molecule has 12 heavy (non-hydrogen) atoms. The molecule has 0 aromatic carbocycles. The first-order chi connectivity index (χ1) is 5.75. The Labute approximate surface area is 69.8 Å². The van der Waals surface area contributed by atoms with Crippen LogP contribution in [0.15, 0.2) is 5.10 Å². The van der Waals surface area contributed by atoms with Gasteiger partial charge in [-0.3, -0.25) is 9.59 Å². The quantitative estimate of drug-likeness (QED) is 0.456. The first-order valence-electron chi connectivity index (χ1n) is 3.73. The third-order valence-electron chi connectivity index (χ3n) is 1.49. The highest BCUT2D eigenvalue weighted by Gasteiger charge is 2.28. The molecule has 0 bridgehead atoms. The Kier molecular flexibility index (Phi) is 2.79. The number of carbonyl (C=O) groups excluding carboxylic acids is 2. The summed E-state index contributed by atoms with van der Waals surface area (Å²) in [4.78, 5) is 22.0. The van der Waals surface area contributed by atoms with Gasteiger partial charge in [0, 0.05) is 12.6 Å². The lowest BCUT2D eigenvalue weighted by Gasteiger charge is -2.14. The van der Waals surface area contributed by atoms with E-state index in [0.29, 0.717) is 13.0 Å². The van der Waals surface area contributed by atoms with E-state index in [9.17, 15) is 9.59 Å². The van der Waals surface area contributed by atoms with Crippen LogP contribution in [0.1, 0.15) is 13.3 Å². The number of nitrogens with one attached hydrogen (secondary N) is 1. The first-order valence-corrected chi connectivity index (χ1v) is 3.73. The number of amides is 1. The minimum Gasteiger partial charge on any atom is -0.465 e. The number of rotatable bonds is 2. The summed E-state index contributed by atoms with van der Waals surface area (Å²) in [5.74, 6) is -1.60. The molecule has 66 valence electrons. The minimum absolute atomic E-state index is 0.291. The molecule has 0 fully saturated rings. The van der Waals surface area contributed by atoms with E-state index in [4.69, 9.17) is 4.74 Å². The van der Waals surface area contributed by atoms with E-state index >= 15 is 0 Å². The zero-order valence-electron chi connectivity index (χ0n) is 6.74. The Morgan fingerprint density at radius 2 is 2.67 bits per heavy atom. The van der Waals surface area contributed by atoms with Crippen LogP contribution in [-0.4, -0.2) is 24.7 Å². The molecule has 0 saturated carbocycles. The van der Waals surface area contributed by atoms with Crippen LogP contribution in [0.2, 0.25) is 0 Å². The number of esters is 1. The smallest absolute Gasteiger partial charge is 0.318 e. The van der Waals surface area contributed by atoms with E-state index < -0.39 is 17.8 Å². The van der Waals surface area contributed by atoms with Gasteiger partial charge in [0.05, 0.1) is 6.61 Å². The number of hydrogen-bond donors (Lipinski definition) is 1. The summed E-state index contributed by atoms with van der Waals surface area (Å²) in [6, 6.07) is 0. The summed E-state index contributed by atoms with van der Waals surface area (Å²) >= 11 is 0. The Balaban J connectivity index is 2.55. The van der Waals surface area contributed by atoms with Gasteiger partial charge in [0.2, 0.25) is 0 Å². The van der Waals surface area contributed by atoms with Gasteiger partial charge < -0.3 is 4.74 Å². The lowest BCUT2D eigenvalue weighted by Crippen LogP contribution is -2.37. The number of nitrogens with zero attached hydrogens (tertiary/aromatic N) is 1. The number of carbonyl (C=O) groups is 2. The van der Waals surface area contributed by atoms with Crippen LogP contribution in [-0.2, 0) is 14.3 Å². The Hall–Kier alpha value is -1.39. The van der Waals surface area contributed by atoms with Gasteiger partial charge in [0.15, 0.2) is 0 Å². The van der Waals surface area contributed by atoms with Crippen LogP contribution in [0.4, 0.5) is 0 Å². The van der Waals surface area contributed by atoms with Crippen molar-refractivity contribution in [3.63, 3.8) is 0 Å². The maximum absolute atomic E-state index is 11.1. The number of hydrogen-bond acceptors (Lipinski definition) is 4. The highest BCUT2D eigenvalue weighted by atomic mass is 16.5. The molecule has 1 heterocycles. The highest BCUT2D eigenvalue weighted by molar-refractivity contribution is 6.01. The van der Waals surface area contributed by atoms with Crippen LogP contribution in [0, 0.1) is 5.92 Å². The summed E-state index contributed by atoms with van der Waals surface area (Å²) < 4.78 is 4.69. The van der Waals surface area contributed by atoms with Crippen molar-refractivity contribution >= 4 is 18.1 Å². The fraction of sp³-hybridized carbons (Fsp3) is 0.571. The molecule has 0 aromatic heterocycles. The van der Waals surface area contributed by atoms with E-state index in [1.807, 2.05) is 0 Å². The molecule has 0 aliphatic carbocycles. The van der Waals surface area contributed by atoms with Gasteiger partial charge in [-0.25, -0.2) is 5.43 Å². The third kappa shape index (κ3) is 1.81. The molecule has 1 N–H and O–H groups in total. The highest BCUT2D eigenvalue weighted by Crippen LogP contribution is 2.07. The molecule has 1 atom stereocenters. The second-order valence-corrected chi connectivity index (χ2v) is 2.33. The second-order valence-electron chi connectivity index (χ2n) is 2.33. The lowest BCUT2D eigenvalue weighted by atomic mass is 10.1. The van der Waals surface area contributed by atoms with Gasteiger partial charge in [0.25, 0.3) is 5.91 Å². The van der Waals surface area contributed by atoms with Crippen molar-refractivity contribution in [2.24, 2.45) is 11.0 Å². The standard InChI is InChI=1S/C7H10N2O3/c1-2-12-7(11)5-3-4-8-9-6(5)10/h4-5H,2-3H2,1H3,(H,9,10). The lowest BCUT2D eigenvalue weighted by molar-refractivity contribution is -0.152. The first kappa shape index (κ1) is 8.70. The normalized spacial score (nSPS) is 21.8. The topological polar surface area (TPSA) is 67.8 Å². The van der Waals surface area contributed by atoms with Gasteiger partial charge in [-0.15, -0.1) is 0 Å². The largest absolute Gasteiger partial charge is 0.465 e. The molecule has 1 amide bonds. The van der Waals surface area contributed by atoms with Crippen molar-refractivity contribution < 1.29 is 14.3 Å². The molecule has 0 saturated heterocycles. The number of hydrazone groups is 1. The number of ether oxygens (including phenoxy) is 1. The Morgan fingerprint density at radius 1 is 1.92 bits per heavy atom. The van der Waals surface area contributed by atoms with Gasteiger partial charge in [0.1, 0.15) is 5.92 Å². The second kappa shape index (κ2) is 3.85. The Morgan fingerprint density at radius 3 is 3.25 bits per heavy atom. The van der Waals surface area contributed by atoms with Crippen LogP contribution in [0.5, 0.6) is 0 Å². The minimum atomic E-state index is -0.720. The van der Waals surface area contributed by atoms with E-state index in [2.05, 4.69) is 10.5 Å². The maximum atomic E-state index is 11.1. The van der Waals surface area contributed by atoms with Crippen molar-refractivity contribution in [3.05, 3.63) is 0 Å². The third-order valence-corrected chi connectivity index (χ3v) is 1.49. The van der Waals surface area contributed by atoms with Gasteiger partial charge in [-0.05, 0) is 6.92 Å². The Bertz CT molecular complexity index is 225. The van der Waals surface area contributed by atoms with Crippen LogP contribution < -0.4 is 5.43 Å². The van der Waals surface area contributed by atoms with Gasteiger partial charge in [-0.2, -0.15) is 5.10 Å². The predicted octanol–water partition coefficient (Wildman–Crippen LogP) is -0.329. The van der Waals surface area contributed by atoms with Gasteiger partial charge in [-0.1, -0.05) is 0 Å². The molecule has 5 heteroatoms. The van der Waals surface area contributed by atoms with E-state index in [1.54, 1.807) is 6.92 Å². The fourth-order valence-corrected chi connectivity index (χ4v) is 0.898. The summed E-state index contributed by atoms with van der Waals surface area (Å²) in [7, 11) is 0. The van der Waals surface area contributed by atoms with E-state index in [1.165, 1.54) is 6.21 Å². The van der Waals surface area contributed by atoms with E-state index in [-0.39, 0.29) is 0 Å². The zero-order chi connectivity index (χ0) is 8.97. The van der Waals surface area contributed by atoms with Crippen LogP contribution in [0.3, 0.4) is 0 Å². The molecular weight excluding hydrogens is 160 g/mol. The van der Waals surface area contributed by atoms with E-state index in [0.717, 1.165) is 0 Å². The average Bonchev–Trinajstić information content (AvgIpc) is 2.05. The molecule has 1 rings (SSSR count). The molecule has 5 nitrogen and oxygen atoms in total. The van der Waals surface area contributed by atoms with Gasteiger partial charge >= 0.3 is 5.97 Å². The summed E-state index contributed by atoms with van der Waals surface area (Å²) in [6.07, 6.45) is 1.81. The molecule has 1 aliphatic rings. The monoisotopic (exact) mass is 170 g/mol. The predicted molar refractivity (Wildman–Crippen MR) is 41.4 cm³/mol.